The first kappa shape index (κ1) is 15.0. The van der Waals surface area contributed by atoms with E-state index in [-0.39, 0.29) is 18.2 Å². The first-order valence-corrected chi connectivity index (χ1v) is 7.38. The number of aryl methyl sites for hydroxylation is 2. The van der Waals surface area contributed by atoms with Crippen molar-refractivity contribution in [1.29, 1.82) is 0 Å². The van der Waals surface area contributed by atoms with Crippen molar-refractivity contribution in [2.45, 2.75) is 26.9 Å². The summed E-state index contributed by atoms with van der Waals surface area (Å²) in [4.78, 5) is 14.3. The molecule has 0 amide bonds. The Kier molecular flexibility index (Phi) is 4.80. The number of anilines is 1. The van der Waals surface area contributed by atoms with Crippen LogP contribution in [0.25, 0.3) is 0 Å². The van der Waals surface area contributed by atoms with Gasteiger partial charge in [-0.3, -0.25) is 4.79 Å². The van der Waals surface area contributed by atoms with Crippen molar-refractivity contribution in [3.05, 3.63) is 43.0 Å². The topological polar surface area (TPSA) is 67.2 Å². The first-order valence-electron chi connectivity index (χ1n) is 6.19. The van der Waals surface area contributed by atoms with Crippen molar-refractivity contribution in [3.8, 4) is 0 Å². The molecular weight excluding hydrogens is 298 g/mol. The number of aliphatic hydroxyl groups excluding tert-OH is 1. The zero-order chi connectivity index (χ0) is 14.7. The van der Waals surface area contributed by atoms with Crippen molar-refractivity contribution in [2.75, 3.05) is 11.9 Å². The van der Waals surface area contributed by atoms with E-state index in [1.54, 1.807) is 11.3 Å². The second kappa shape index (κ2) is 6.39. The Morgan fingerprint density at radius 3 is 2.85 bits per heavy atom. The van der Waals surface area contributed by atoms with Crippen molar-refractivity contribution in [1.82, 2.24) is 9.78 Å². The van der Waals surface area contributed by atoms with Crippen LogP contribution >= 0.6 is 22.9 Å². The molecule has 2 heterocycles. The van der Waals surface area contributed by atoms with Crippen LogP contribution < -0.4 is 10.9 Å². The van der Waals surface area contributed by atoms with Crippen LogP contribution in [-0.4, -0.2) is 21.5 Å². The number of hydrogen-bond donors (Lipinski definition) is 2. The van der Waals surface area contributed by atoms with E-state index in [1.807, 2.05) is 0 Å². The second-order valence-corrected chi connectivity index (χ2v) is 6.15. The lowest BCUT2D eigenvalue weighted by atomic mass is 10.3. The normalized spacial score (nSPS) is 10.8. The van der Waals surface area contributed by atoms with Crippen LogP contribution in [-0.2, 0) is 13.1 Å². The zero-order valence-corrected chi connectivity index (χ0v) is 12.9. The molecule has 0 aromatic carbocycles. The Labute approximate surface area is 125 Å². The van der Waals surface area contributed by atoms with Crippen LogP contribution in [0.15, 0.2) is 17.1 Å². The molecule has 0 unspecified atom stereocenters. The van der Waals surface area contributed by atoms with E-state index in [0.717, 1.165) is 4.68 Å². The van der Waals surface area contributed by atoms with Gasteiger partial charge in [-0.05, 0) is 25.5 Å². The zero-order valence-electron chi connectivity index (χ0n) is 11.3. The summed E-state index contributed by atoms with van der Waals surface area (Å²) in [5.74, 6) is 0. The van der Waals surface area contributed by atoms with E-state index in [0.29, 0.717) is 12.2 Å². The minimum absolute atomic E-state index is 0.0958. The maximum atomic E-state index is 11.9. The molecule has 0 bridgehead atoms. The number of rotatable bonds is 5. The van der Waals surface area contributed by atoms with Gasteiger partial charge in [0.1, 0.15) is 5.02 Å². The quantitative estimate of drug-likeness (QED) is 0.888. The number of nitrogens with one attached hydrogen (secondary N) is 1. The number of nitrogens with zero attached hydrogens (tertiary/aromatic N) is 2. The Morgan fingerprint density at radius 2 is 2.25 bits per heavy atom. The molecule has 2 N–H and O–H groups in total. The summed E-state index contributed by atoms with van der Waals surface area (Å²) in [6.07, 6.45) is 1.51. The van der Waals surface area contributed by atoms with E-state index >= 15 is 0 Å². The van der Waals surface area contributed by atoms with Gasteiger partial charge in [0.15, 0.2) is 0 Å². The highest BCUT2D eigenvalue weighted by Crippen LogP contribution is 2.22. The third kappa shape index (κ3) is 3.20. The fourth-order valence-electron chi connectivity index (χ4n) is 1.76. The van der Waals surface area contributed by atoms with Crippen molar-refractivity contribution < 1.29 is 5.11 Å². The van der Waals surface area contributed by atoms with Gasteiger partial charge in [0.05, 0.1) is 25.0 Å². The molecule has 0 aliphatic carbocycles. The second-order valence-electron chi connectivity index (χ2n) is 4.43. The van der Waals surface area contributed by atoms with Gasteiger partial charge in [-0.15, -0.1) is 11.3 Å². The number of aliphatic hydroxyl groups is 1. The molecule has 0 radical (unpaired) electrons. The molecule has 20 heavy (non-hydrogen) atoms. The van der Waals surface area contributed by atoms with Crippen LogP contribution in [0.5, 0.6) is 0 Å². The maximum absolute atomic E-state index is 11.9. The Balaban J connectivity index is 2.14. The molecule has 2 rings (SSSR count). The molecule has 5 nitrogen and oxygen atoms in total. The van der Waals surface area contributed by atoms with Crippen LogP contribution in [0.4, 0.5) is 5.69 Å². The van der Waals surface area contributed by atoms with E-state index in [2.05, 4.69) is 30.3 Å². The van der Waals surface area contributed by atoms with Crippen LogP contribution in [0.3, 0.4) is 0 Å². The summed E-state index contributed by atoms with van der Waals surface area (Å²) in [5.41, 5.74) is 1.37. The highest BCUT2D eigenvalue weighted by molar-refractivity contribution is 7.12. The number of thiophene rings is 1. The fourth-order valence-corrected chi connectivity index (χ4v) is 2.97. The Hall–Kier alpha value is -1.37. The lowest BCUT2D eigenvalue weighted by molar-refractivity contribution is 0.266. The minimum Gasteiger partial charge on any atom is -0.394 e. The lowest BCUT2D eigenvalue weighted by Gasteiger charge is -2.08. The largest absolute Gasteiger partial charge is 0.394 e. The van der Waals surface area contributed by atoms with Crippen LogP contribution in [0.2, 0.25) is 5.02 Å². The average molecular weight is 314 g/mol. The lowest BCUT2D eigenvalue weighted by Crippen LogP contribution is -2.25. The Bertz CT molecular complexity index is 647. The first-order chi connectivity index (χ1) is 9.52. The molecule has 108 valence electrons. The van der Waals surface area contributed by atoms with Gasteiger partial charge in [-0.25, -0.2) is 4.68 Å². The van der Waals surface area contributed by atoms with Crippen molar-refractivity contribution in [3.63, 3.8) is 0 Å². The Morgan fingerprint density at radius 1 is 1.50 bits per heavy atom. The molecule has 0 aliphatic rings. The molecule has 0 atom stereocenters. The molecule has 0 aliphatic heterocycles. The molecule has 0 fully saturated rings. The molecule has 0 saturated heterocycles. The summed E-state index contributed by atoms with van der Waals surface area (Å²) in [6, 6.07) is 2.11. The van der Waals surface area contributed by atoms with Crippen LogP contribution in [0, 0.1) is 13.8 Å². The molecule has 7 heteroatoms. The van der Waals surface area contributed by atoms with E-state index in [4.69, 9.17) is 16.7 Å². The standard InChI is InChI=1S/C13H16ClN3O2S/c1-8-5-10(20-9(8)2)6-15-11-7-16-17(3-4-18)13(19)12(11)14/h5,7,15,18H,3-4,6H2,1-2H3. The summed E-state index contributed by atoms with van der Waals surface area (Å²) in [7, 11) is 0. The van der Waals surface area contributed by atoms with Gasteiger partial charge in [-0.2, -0.15) is 5.10 Å². The third-order valence-electron chi connectivity index (χ3n) is 2.97. The van der Waals surface area contributed by atoms with E-state index < -0.39 is 5.56 Å². The molecule has 2 aromatic heterocycles. The van der Waals surface area contributed by atoms with Gasteiger partial charge >= 0.3 is 0 Å². The summed E-state index contributed by atoms with van der Waals surface area (Å²) in [6.45, 7) is 4.74. The smallest absolute Gasteiger partial charge is 0.287 e. The van der Waals surface area contributed by atoms with Gasteiger partial charge in [0, 0.05) is 16.3 Å². The number of aromatic nitrogens is 2. The van der Waals surface area contributed by atoms with Gasteiger partial charge in [0.2, 0.25) is 0 Å². The fraction of sp³-hybridized carbons (Fsp3) is 0.385. The van der Waals surface area contributed by atoms with Gasteiger partial charge in [-0.1, -0.05) is 11.6 Å². The number of halogens is 1. The van der Waals surface area contributed by atoms with Crippen LogP contribution in [0.1, 0.15) is 15.3 Å². The van der Waals surface area contributed by atoms with Crippen molar-refractivity contribution >= 4 is 28.6 Å². The SMILES string of the molecule is Cc1cc(CNc2cnn(CCO)c(=O)c2Cl)sc1C. The van der Waals surface area contributed by atoms with Gasteiger partial charge < -0.3 is 10.4 Å². The average Bonchev–Trinajstić information content (AvgIpc) is 2.74. The highest BCUT2D eigenvalue weighted by Gasteiger charge is 2.09. The highest BCUT2D eigenvalue weighted by atomic mass is 35.5. The minimum atomic E-state index is -0.399. The van der Waals surface area contributed by atoms with Gasteiger partial charge in [0.25, 0.3) is 5.56 Å². The monoisotopic (exact) mass is 313 g/mol. The molecular formula is C13H16ClN3O2S. The molecule has 2 aromatic rings. The number of hydrogen-bond acceptors (Lipinski definition) is 5. The maximum Gasteiger partial charge on any atom is 0.287 e. The van der Waals surface area contributed by atoms with E-state index in [1.165, 1.54) is 21.5 Å². The van der Waals surface area contributed by atoms with E-state index in [9.17, 15) is 4.79 Å². The molecule has 0 spiro atoms. The third-order valence-corrected chi connectivity index (χ3v) is 4.48. The molecule has 0 saturated carbocycles. The summed E-state index contributed by atoms with van der Waals surface area (Å²) < 4.78 is 1.15. The summed E-state index contributed by atoms with van der Waals surface area (Å²) in [5, 5.41) is 16.0. The summed E-state index contributed by atoms with van der Waals surface area (Å²) >= 11 is 7.74. The van der Waals surface area contributed by atoms with Crippen molar-refractivity contribution in [2.24, 2.45) is 0 Å². The predicted octanol–water partition coefficient (Wildman–Crippen LogP) is 2.18. The predicted molar refractivity (Wildman–Crippen MR) is 81.7 cm³/mol.